The molecule has 2 unspecified atom stereocenters. The molecular weight excluding hydrogens is 443 g/mol. The highest BCUT2D eigenvalue weighted by atomic mass is 35.5. The second-order valence-electron chi connectivity index (χ2n) is 8.10. The fourth-order valence-electron chi connectivity index (χ4n) is 3.66. The average molecular weight is 469 g/mol. The van der Waals surface area contributed by atoms with E-state index >= 15 is 0 Å². The molecule has 2 atom stereocenters. The van der Waals surface area contributed by atoms with Crippen molar-refractivity contribution in [1.82, 2.24) is 10.1 Å². The van der Waals surface area contributed by atoms with E-state index in [4.69, 9.17) is 32.5 Å². The van der Waals surface area contributed by atoms with E-state index in [0.717, 1.165) is 0 Å². The zero-order valence-electron chi connectivity index (χ0n) is 17.7. The van der Waals surface area contributed by atoms with Crippen molar-refractivity contribution in [1.29, 1.82) is 0 Å². The van der Waals surface area contributed by atoms with Crippen LogP contribution >= 0.6 is 35.0 Å². The van der Waals surface area contributed by atoms with Crippen LogP contribution in [0.3, 0.4) is 0 Å². The minimum atomic E-state index is -0.440. The van der Waals surface area contributed by atoms with Crippen LogP contribution in [-0.2, 0) is 4.74 Å². The monoisotopic (exact) mass is 468 g/mol. The number of halogens is 2. The van der Waals surface area contributed by atoms with Crippen LogP contribution in [0.15, 0.2) is 35.4 Å². The third kappa shape index (κ3) is 4.15. The molecule has 1 fully saturated rings. The van der Waals surface area contributed by atoms with Gasteiger partial charge in [0.05, 0.1) is 26.8 Å². The largest absolute Gasteiger partial charge is 0.360 e. The second-order valence-corrected chi connectivity index (χ2v) is 10.7. The maximum absolute atomic E-state index is 13.9. The lowest BCUT2D eigenvalue weighted by Gasteiger charge is -2.33. The minimum Gasteiger partial charge on any atom is -0.360 e. The first-order valence-corrected chi connectivity index (χ1v) is 11.4. The molecule has 0 N–H and O–H groups in total. The standard InChI is InChI=1S/C22H26Cl2N2O3S/c1-7-11-28-21-22(5,6)30-20(12(2)3)26(21)19(27)16-13(4)29-25-18(16)17-14(23)9-8-10-15(17)24/h7-10,12,20-21H,1,11H2,2-6H3. The number of hydrogen-bond acceptors (Lipinski definition) is 5. The summed E-state index contributed by atoms with van der Waals surface area (Å²) in [5.41, 5.74) is 1.17. The molecule has 162 valence electrons. The highest BCUT2D eigenvalue weighted by Gasteiger charge is 2.52. The second kappa shape index (κ2) is 8.95. The van der Waals surface area contributed by atoms with Gasteiger partial charge in [0.25, 0.3) is 5.91 Å². The predicted molar refractivity (Wildman–Crippen MR) is 123 cm³/mol. The van der Waals surface area contributed by atoms with Crippen LogP contribution in [0.4, 0.5) is 0 Å². The van der Waals surface area contributed by atoms with Crippen molar-refractivity contribution in [2.45, 2.75) is 51.0 Å². The number of aromatic nitrogens is 1. The average Bonchev–Trinajstić information content (AvgIpc) is 3.16. The summed E-state index contributed by atoms with van der Waals surface area (Å²) in [6.45, 7) is 14.2. The predicted octanol–water partition coefficient (Wildman–Crippen LogP) is 6.44. The molecule has 1 aromatic heterocycles. The number of rotatable bonds is 6. The molecule has 0 spiro atoms. The number of nitrogens with zero attached hydrogens (tertiary/aromatic N) is 2. The molecule has 3 rings (SSSR count). The lowest BCUT2D eigenvalue weighted by molar-refractivity contribution is -0.0484. The van der Waals surface area contributed by atoms with Gasteiger partial charge in [-0.05, 0) is 38.8 Å². The molecule has 2 heterocycles. The third-order valence-electron chi connectivity index (χ3n) is 5.00. The smallest absolute Gasteiger partial charge is 0.262 e. The molecule has 0 saturated carbocycles. The molecular formula is C22H26Cl2N2O3S. The molecule has 30 heavy (non-hydrogen) atoms. The van der Waals surface area contributed by atoms with Crippen molar-refractivity contribution in [3.05, 3.63) is 52.2 Å². The van der Waals surface area contributed by atoms with E-state index in [1.807, 2.05) is 0 Å². The zero-order valence-corrected chi connectivity index (χ0v) is 20.1. The fraction of sp³-hybridized carbons (Fsp3) is 0.455. The highest BCUT2D eigenvalue weighted by molar-refractivity contribution is 8.01. The highest BCUT2D eigenvalue weighted by Crippen LogP contribution is 2.49. The van der Waals surface area contributed by atoms with Gasteiger partial charge in [-0.15, -0.1) is 18.3 Å². The molecule has 1 amide bonds. The lowest BCUT2D eigenvalue weighted by atomic mass is 10.0. The van der Waals surface area contributed by atoms with E-state index in [-0.39, 0.29) is 21.9 Å². The first-order valence-electron chi connectivity index (χ1n) is 9.73. The summed E-state index contributed by atoms with van der Waals surface area (Å²) in [7, 11) is 0. The van der Waals surface area contributed by atoms with Gasteiger partial charge >= 0.3 is 0 Å². The summed E-state index contributed by atoms with van der Waals surface area (Å²) >= 11 is 14.5. The Morgan fingerprint density at radius 1 is 1.40 bits per heavy atom. The van der Waals surface area contributed by atoms with Crippen LogP contribution in [0.5, 0.6) is 0 Å². The Kier molecular flexibility index (Phi) is 6.92. The SMILES string of the molecule is C=CCOC1N(C(=O)c2c(-c3c(Cl)cccc3Cl)noc2C)C(C(C)C)SC1(C)C. The van der Waals surface area contributed by atoms with E-state index < -0.39 is 6.23 Å². The molecule has 1 saturated heterocycles. The lowest BCUT2D eigenvalue weighted by Crippen LogP contribution is -2.48. The Balaban J connectivity index is 2.13. The number of amides is 1. The number of carbonyl (C=O) groups is 1. The van der Waals surface area contributed by atoms with Crippen LogP contribution in [0.2, 0.25) is 10.0 Å². The number of hydrogen-bond donors (Lipinski definition) is 0. The Labute approximate surface area is 191 Å². The van der Waals surface area contributed by atoms with Gasteiger partial charge in [0, 0.05) is 5.56 Å². The molecule has 1 aliphatic heterocycles. The molecule has 5 nitrogen and oxygen atoms in total. The Morgan fingerprint density at radius 3 is 2.60 bits per heavy atom. The zero-order chi connectivity index (χ0) is 22.2. The van der Waals surface area contributed by atoms with Gasteiger partial charge in [-0.25, -0.2) is 0 Å². The van der Waals surface area contributed by atoms with Gasteiger partial charge in [-0.2, -0.15) is 0 Å². The van der Waals surface area contributed by atoms with Gasteiger partial charge in [0.15, 0.2) is 0 Å². The molecule has 2 aromatic rings. The third-order valence-corrected chi connectivity index (χ3v) is 7.45. The molecule has 1 aromatic carbocycles. The molecule has 0 aliphatic carbocycles. The summed E-state index contributed by atoms with van der Waals surface area (Å²) in [5, 5.41) is 4.87. The molecule has 1 aliphatic rings. The van der Waals surface area contributed by atoms with Crippen LogP contribution < -0.4 is 0 Å². The van der Waals surface area contributed by atoms with Crippen LogP contribution in [0.1, 0.15) is 43.8 Å². The number of ether oxygens (including phenoxy) is 1. The normalized spacial score (nSPS) is 20.7. The molecule has 0 bridgehead atoms. The van der Waals surface area contributed by atoms with E-state index in [9.17, 15) is 4.79 Å². The molecule has 0 radical (unpaired) electrons. The minimum absolute atomic E-state index is 0.0776. The van der Waals surface area contributed by atoms with E-state index in [0.29, 0.717) is 39.2 Å². The summed E-state index contributed by atoms with van der Waals surface area (Å²) in [6, 6.07) is 5.17. The Morgan fingerprint density at radius 2 is 2.03 bits per heavy atom. The van der Waals surface area contributed by atoms with Gasteiger partial charge in [-0.3, -0.25) is 9.69 Å². The van der Waals surface area contributed by atoms with Crippen LogP contribution in [0.25, 0.3) is 11.3 Å². The van der Waals surface area contributed by atoms with Crippen molar-refractivity contribution < 1.29 is 14.1 Å². The van der Waals surface area contributed by atoms with Crippen LogP contribution in [0, 0.1) is 12.8 Å². The van der Waals surface area contributed by atoms with Crippen LogP contribution in [-0.4, -0.2) is 38.9 Å². The Bertz CT molecular complexity index is 938. The van der Waals surface area contributed by atoms with Crippen molar-refractivity contribution in [3.63, 3.8) is 0 Å². The fourth-order valence-corrected chi connectivity index (χ4v) is 5.75. The Hall–Kier alpha value is -1.47. The number of thioether (sulfide) groups is 1. The van der Waals surface area contributed by atoms with E-state index in [1.165, 1.54) is 0 Å². The summed E-state index contributed by atoms with van der Waals surface area (Å²) < 4.78 is 11.2. The maximum Gasteiger partial charge on any atom is 0.262 e. The topological polar surface area (TPSA) is 55.6 Å². The first kappa shape index (κ1) is 23.2. The number of benzene rings is 1. The van der Waals surface area contributed by atoms with Gasteiger partial charge in [0.2, 0.25) is 0 Å². The van der Waals surface area contributed by atoms with E-state index in [1.54, 1.807) is 47.9 Å². The van der Waals surface area contributed by atoms with Crippen molar-refractivity contribution >= 4 is 40.9 Å². The van der Waals surface area contributed by atoms with Crippen molar-refractivity contribution in [2.24, 2.45) is 5.92 Å². The van der Waals surface area contributed by atoms with Gasteiger partial charge in [0.1, 0.15) is 23.2 Å². The summed E-state index contributed by atoms with van der Waals surface area (Å²) in [6.07, 6.45) is 1.25. The molecule has 8 heteroatoms. The van der Waals surface area contributed by atoms with Gasteiger partial charge in [-0.1, -0.05) is 54.3 Å². The number of carbonyl (C=O) groups excluding carboxylic acids is 1. The van der Waals surface area contributed by atoms with Crippen molar-refractivity contribution in [3.8, 4) is 11.3 Å². The van der Waals surface area contributed by atoms with E-state index in [2.05, 4.69) is 39.4 Å². The quantitative estimate of drug-likeness (QED) is 0.456. The summed E-state index contributed by atoms with van der Waals surface area (Å²) in [4.78, 5) is 15.7. The number of aryl methyl sites for hydroxylation is 1. The summed E-state index contributed by atoms with van der Waals surface area (Å²) in [5.74, 6) is 0.402. The maximum atomic E-state index is 13.9. The first-order chi connectivity index (χ1) is 14.1. The van der Waals surface area contributed by atoms with Gasteiger partial charge < -0.3 is 9.26 Å². The van der Waals surface area contributed by atoms with Crippen molar-refractivity contribution in [2.75, 3.05) is 6.61 Å².